The molecule has 1 saturated carbocycles. The molecule has 2 amide bonds. The highest BCUT2D eigenvalue weighted by atomic mass is 16.2. The van der Waals surface area contributed by atoms with Gasteiger partial charge in [-0.3, -0.25) is 14.5 Å². The molecule has 0 unspecified atom stereocenters. The molecule has 1 saturated heterocycles. The summed E-state index contributed by atoms with van der Waals surface area (Å²) >= 11 is 0. The Morgan fingerprint density at radius 2 is 1.52 bits per heavy atom. The van der Waals surface area contributed by atoms with Crippen molar-refractivity contribution >= 4 is 11.8 Å². The van der Waals surface area contributed by atoms with E-state index in [9.17, 15) is 9.59 Å². The summed E-state index contributed by atoms with van der Waals surface area (Å²) in [6, 6.07) is 20.8. The van der Waals surface area contributed by atoms with Crippen molar-refractivity contribution in [1.29, 1.82) is 0 Å². The molecular formula is C26H33N3O2. The maximum absolute atomic E-state index is 12.5. The molecule has 0 radical (unpaired) electrons. The Balaban J connectivity index is 1.13. The van der Waals surface area contributed by atoms with Gasteiger partial charge in [0.1, 0.15) is 0 Å². The minimum absolute atomic E-state index is 0.0878. The third kappa shape index (κ3) is 5.95. The molecule has 5 heteroatoms. The fourth-order valence-corrected chi connectivity index (χ4v) is 4.44. The smallest absolute Gasteiger partial charge is 0.234 e. The summed E-state index contributed by atoms with van der Waals surface area (Å²) in [5.74, 6) is 0.323. The molecule has 164 valence electrons. The van der Waals surface area contributed by atoms with E-state index in [0.29, 0.717) is 26.1 Å². The lowest BCUT2D eigenvalue weighted by Gasteiger charge is -2.34. The average Bonchev–Trinajstić information content (AvgIpc) is 3.61. The van der Waals surface area contributed by atoms with Gasteiger partial charge in [-0.2, -0.15) is 0 Å². The van der Waals surface area contributed by atoms with Crippen molar-refractivity contribution in [1.82, 2.24) is 15.1 Å². The maximum Gasteiger partial charge on any atom is 0.234 e. The number of piperazine rings is 1. The first-order chi connectivity index (χ1) is 15.1. The molecule has 1 heterocycles. The molecule has 0 aromatic heterocycles. The lowest BCUT2D eigenvalue weighted by molar-refractivity contribution is -0.133. The van der Waals surface area contributed by atoms with Gasteiger partial charge in [0.05, 0.1) is 6.54 Å². The number of amides is 2. The Kier molecular flexibility index (Phi) is 7.03. The van der Waals surface area contributed by atoms with Crippen molar-refractivity contribution in [2.75, 3.05) is 39.3 Å². The summed E-state index contributed by atoms with van der Waals surface area (Å²) in [6.45, 7) is 4.09. The van der Waals surface area contributed by atoms with Gasteiger partial charge >= 0.3 is 0 Å². The summed E-state index contributed by atoms with van der Waals surface area (Å²) in [5, 5.41) is 3.15. The molecule has 1 aliphatic heterocycles. The van der Waals surface area contributed by atoms with Crippen LogP contribution in [0.5, 0.6) is 0 Å². The number of hydrogen-bond acceptors (Lipinski definition) is 3. The van der Waals surface area contributed by atoms with Crippen LogP contribution in [0.25, 0.3) is 0 Å². The zero-order valence-corrected chi connectivity index (χ0v) is 18.3. The summed E-state index contributed by atoms with van der Waals surface area (Å²) < 4.78 is 0. The number of hydrogen-bond donors (Lipinski definition) is 1. The highest BCUT2D eigenvalue weighted by molar-refractivity contribution is 5.78. The minimum Gasteiger partial charge on any atom is -0.354 e. The molecule has 1 N–H and O–H groups in total. The number of nitrogens with zero attached hydrogens (tertiary/aromatic N) is 2. The fraction of sp³-hybridized carbons (Fsp3) is 0.462. The van der Waals surface area contributed by atoms with Crippen molar-refractivity contribution in [2.45, 2.75) is 37.5 Å². The van der Waals surface area contributed by atoms with Crippen LogP contribution in [-0.4, -0.2) is 60.9 Å². The van der Waals surface area contributed by atoms with Crippen LogP contribution in [0.1, 0.15) is 36.8 Å². The van der Waals surface area contributed by atoms with Crippen LogP contribution >= 0.6 is 0 Å². The van der Waals surface area contributed by atoms with E-state index in [4.69, 9.17) is 0 Å². The quantitative estimate of drug-likeness (QED) is 0.680. The molecule has 2 aliphatic rings. The SMILES string of the molecule is O=C(CN1CCN(C(=O)CCCc2ccccc2)CC1)NCC1(c2ccccc2)CC1. The van der Waals surface area contributed by atoms with Crippen molar-refractivity contribution in [2.24, 2.45) is 0 Å². The van der Waals surface area contributed by atoms with Crippen LogP contribution in [0, 0.1) is 0 Å². The van der Waals surface area contributed by atoms with Crippen LogP contribution < -0.4 is 5.32 Å². The van der Waals surface area contributed by atoms with Gasteiger partial charge in [-0.1, -0.05) is 60.7 Å². The molecule has 31 heavy (non-hydrogen) atoms. The van der Waals surface area contributed by atoms with Gasteiger partial charge in [0.25, 0.3) is 0 Å². The topological polar surface area (TPSA) is 52.7 Å². The minimum atomic E-state index is 0.0878. The van der Waals surface area contributed by atoms with E-state index in [1.807, 2.05) is 29.2 Å². The Morgan fingerprint density at radius 1 is 0.871 bits per heavy atom. The monoisotopic (exact) mass is 419 g/mol. The second-order valence-electron chi connectivity index (χ2n) is 8.92. The highest BCUT2D eigenvalue weighted by Crippen LogP contribution is 2.47. The third-order valence-electron chi connectivity index (χ3n) is 6.65. The van der Waals surface area contributed by atoms with E-state index in [2.05, 4.69) is 46.6 Å². The number of benzene rings is 2. The highest BCUT2D eigenvalue weighted by Gasteiger charge is 2.44. The van der Waals surface area contributed by atoms with Gasteiger partial charge < -0.3 is 10.2 Å². The van der Waals surface area contributed by atoms with Crippen LogP contribution in [0.3, 0.4) is 0 Å². The molecule has 2 aromatic carbocycles. The van der Waals surface area contributed by atoms with Gasteiger partial charge in [-0.05, 0) is 36.8 Å². The second-order valence-corrected chi connectivity index (χ2v) is 8.92. The summed E-state index contributed by atoms with van der Waals surface area (Å²) in [5.41, 5.74) is 2.75. The van der Waals surface area contributed by atoms with Gasteiger partial charge in [0, 0.05) is 44.6 Å². The summed E-state index contributed by atoms with van der Waals surface area (Å²) in [6.07, 6.45) is 4.70. The summed E-state index contributed by atoms with van der Waals surface area (Å²) in [4.78, 5) is 29.1. The molecule has 0 bridgehead atoms. The van der Waals surface area contributed by atoms with E-state index >= 15 is 0 Å². The van der Waals surface area contributed by atoms with Crippen LogP contribution in [0.15, 0.2) is 60.7 Å². The number of carbonyl (C=O) groups is 2. The first-order valence-electron chi connectivity index (χ1n) is 11.5. The van der Waals surface area contributed by atoms with E-state index in [1.54, 1.807) is 0 Å². The summed E-state index contributed by atoms with van der Waals surface area (Å²) in [7, 11) is 0. The lowest BCUT2D eigenvalue weighted by atomic mass is 9.96. The zero-order chi connectivity index (χ0) is 21.5. The maximum atomic E-state index is 12.5. The van der Waals surface area contributed by atoms with Crippen molar-refractivity contribution in [3.05, 3.63) is 71.8 Å². The van der Waals surface area contributed by atoms with Gasteiger partial charge in [-0.25, -0.2) is 0 Å². The first-order valence-corrected chi connectivity index (χ1v) is 11.5. The number of nitrogens with one attached hydrogen (secondary N) is 1. The largest absolute Gasteiger partial charge is 0.354 e. The van der Waals surface area contributed by atoms with E-state index in [-0.39, 0.29) is 17.2 Å². The standard InChI is InChI=1S/C26H33N3O2/c30-24(27-21-26(14-15-26)23-11-5-2-6-12-23)20-28-16-18-29(19-17-28)25(31)13-7-10-22-8-3-1-4-9-22/h1-6,8-9,11-12H,7,10,13-21H2,(H,27,30). The zero-order valence-electron chi connectivity index (χ0n) is 18.3. The van der Waals surface area contributed by atoms with Gasteiger partial charge in [0.2, 0.25) is 11.8 Å². The molecule has 4 rings (SSSR count). The normalized spacial score (nSPS) is 17.9. The number of aryl methyl sites for hydroxylation is 1. The van der Waals surface area contributed by atoms with Crippen molar-refractivity contribution in [3.63, 3.8) is 0 Å². The first kappa shape index (κ1) is 21.6. The Bertz CT molecular complexity index is 857. The van der Waals surface area contributed by atoms with E-state index in [0.717, 1.165) is 45.3 Å². The molecule has 5 nitrogen and oxygen atoms in total. The van der Waals surface area contributed by atoms with Crippen LogP contribution in [0.2, 0.25) is 0 Å². The van der Waals surface area contributed by atoms with E-state index < -0.39 is 0 Å². The predicted octanol–water partition coefficient (Wildman–Crippen LogP) is 3.00. The van der Waals surface area contributed by atoms with Gasteiger partial charge in [-0.15, -0.1) is 0 Å². The second kappa shape index (κ2) is 10.1. The molecule has 2 fully saturated rings. The van der Waals surface area contributed by atoms with E-state index in [1.165, 1.54) is 11.1 Å². The molecular weight excluding hydrogens is 386 g/mol. The Morgan fingerprint density at radius 3 is 2.16 bits per heavy atom. The fourth-order valence-electron chi connectivity index (χ4n) is 4.44. The average molecular weight is 420 g/mol. The lowest BCUT2D eigenvalue weighted by Crippen LogP contribution is -2.51. The van der Waals surface area contributed by atoms with Crippen molar-refractivity contribution < 1.29 is 9.59 Å². The Hall–Kier alpha value is -2.66. The van der Waals surface area contributed by atoms with Crippen LogP contribution in [-0.2, 0) is 21.4 Å². The number of carbonyl (C=O) groups excluding carboxylic acids is 2. The molecule has 0 atom stereocenters. The molecule has 1 aliphatic carbocycles. The van der Waals surface area contributed by atoms with Crippen molar-refractivity contribution in [3.8, 4) is 0 Å². The molecule has 2 aromatic rings. The predicted molar refractivity (Wildman–Crippen MR) is 123 cm³/mol. The van der Waals surface area contributed by atoms with Crippen LogP contribution in [0.4, 0.5) is 0 Å². The number of rotatable bonds is 9. The third-order valence-corrected chi connectivity index (χ3v) is 6.65. The van der Waals surface area contributed by atoms with Gasteiger partial charge in [0.15, 0.2) is 0 Å². The Labute approximate surface area is 185 Å². The molecule has 0 spiro atoms.